The first-order valence-electron chi connectivity index (χ1n) is 8.53. The van der Waals surface area contributed by atoms with Crippen molar-refractivity contribution in [1.29, 1.82) is 0 Å². The van der Waals surface area contributed by atoms with Gasteiger partial charge < -0.3 is 19.9 Å². The Bertz CT molecular complexity index is 982. The molecule has 9 nitrogen and oxygen atoms in total. The Labute approximate surface area is 160 Å². The molecule has 0 spiro atoms. The molecule has 3 aromatic heterocycles. The average Bonchev–Trinajstić information content (AvgIpc) is 3.36. The maximum absolute atomic E-state index is 12.5. The molecule has 0 unspecified atom stereocenters. The summed E-state index contributed by atoms with van der Waals surface area (Å²) in [6, 6.07) is 1.90. The van der Waals surface area contributed by atoms with E-state index in [4.69, 9.17) is 4.74 Å². The number of anilines is 1. The molecule has 0 bridgehead atoms. The van der Waals surface area contributed by atoms with Crippen LogP contribution in [0.25, 0.3) is 22.4 Å². The van der Waals surface area contributed by atoms with Crippen LogP contribution in [-0.2, 0) is 9.53 Å². The number of hydrogen-bond acceptors (Lipinski definition) is 7. The number of methoxy groups -OCH3 is 1. The van der Waals surface area contributed by atoms with Crippen LogP contribution in [0.5, 0.6) is 0 Å². The first-order valence-corrected chi connectivity index (χ1v) is 9.41. The molecule has 27 heavy (non-hydrogen) atoms. The van der Waals surface area contributed by atoms with Crippen molar-refractivity contribution < 1.29 is 15.8 Å². The highest BCUT2D eigenvalue weighted by molar-refractivity contribution is 7.14. The molecule has 2 amide bonds. The van der Waals surface area contributed by atoms with Gasteiger partial charge in [0.25, 0.3) is 0 Å². The standard InChI is InChI=1S/C17H18N6O3S.H2/c1-26-17(25)23-6-3-10(4-7-23)15(24)22-16-21-12(8-27-16)13-11-2-5-18-14(11)20-9-19-13;/h2,5,8-10H,3-4,6-7H2,1H3,(H,18,19,20)(H,21,22,24);1H. The lowest BCUT2D eigenvalue weighted by molar-refractivity contribution is -0.121. The van der Waals surface area contributed by atoms with E-state index in [0.717, 1.165) is 16.7 Å². The van der Waals surface area contributed by atoms with Crippen molar-refractivity contribution in [1.82, 2.24) is 24.8 Å². The highest BCUT2D eigenvalue weighted by Crippen LogP contribution is 2.29. The predicted molar refractivity (Wildman–Crippen MR) is 102 cm³/mol. The van der Waals surface area contributed by atoms with Crippen LogP contribution in [0.3, 0.4) is 0 Å². The van der Waals surface area contributed by atoms with Gasteiger partial charge in [0.2, 0.25) is 5.91 Å². The van der Waals surface area contributed by atoms with Crippen molar-refractivity contribution in [3.63, 3.8) is 0 Å². The molecule has 4 heterocycles. The molecule has 142 valence electrons. The van der Waals surface area contributed by atoms with Crippen molar-refractivity contribution in [2.24, 2.45) is 5.92 Å². The summed E-state index contributed by atoms with van der Waals surface area (Å²) < 4.78 is 4.72. The number of thiazole rings is 1. The van der Waals surface area contributed by atoms with Gasteiger partial charge in [0.05, 0.1) is 7.11 Å². The van der Waals surface area contributed by atoms with Gasteiger partial charge in [-0.15, -0.1) is 11.3 Å². The van der Waals surface area contributed by atoms with Gasteiger partial charge in [-0.05, 0) is 18.9 Å². The van der Waals surface area contributed by atoms with Gasteiger partial charge in [0.1, 0.15) is 23.4 Å². The van der Waals surface area contributed by atoms with Crippen molar-refractivity contribution in [3.05, 3.63) is 24.0 Å². The molecule has 1 aliphatic rings. The minimum Gasteiger partial charge on any atom is -0.453 e. The molecule has 3 aromatic rings. The number of nitrogens with one attached hydrogen (secondary N) is 2. The molecular weight excluding hydrogens is 368 g/mol. The van der Waals surface area contributed by atoms with Crippen LogP contribution < -0.4 is 5.32 Å². The van der Waals surface area contributed by atoms with E-state index >= 15 is 0 Å². The zero-order valence-electron chi connectivity index (χ0n) is 14.6. The number of H-pyrrole nitrogens is 1. The number of nitrogens with zero attached hydrogens (tertiary/aromatic N) is 4. The summed E-state index contributed by atoms with van der Waals surface area (Å²) in [6.07, 6.45) is 4.16. The third kappa shape index (κ3) is 3.47. The summed E-state index contributed by atoms with van der Waals surface area (Å²) in [4.78, 5) is 41.7. The van der Waals surface area contributed by atoms with E-state index in [1.54, 1.807) is 11.1 Å². The zero-order chi connectivity index (χ0) is 18.8. The Hall–Kier alpha value is -3.01. The monoisotopic (exact) mass is 388 g/mol. The normalized spacial score (nSPS) is 15.1. The minimum atomic E-state index is -0.348. The van der Waals surface area contributed by atoms with Gasteiger partial charge in [0.15, 0.2) is 5.13 Å². The number of hydrogen-bond donors (Lipinski definition) is 2. The van der Waals surface area contributed by atoms with Crippen molar-refractivity contribution >= 4 is 39.5 Å². The number of carbonyl (C=O) groups is 2. The van der Waals surface area contributed by atoms with E-state index in [9.17, 15) is 9.59 Å². The number of amides is 2. The van der Waals surface area contributed by atoms with Gasteiger partial charge in [-0.3, -0.25) is 4.79 Å². The van der Waals surface area contributed by atoms with Gasteiger partial charge >= 0.3 is 6.09 Å². The minimum absolute atomic E-state index is 0. The van der Waals surface area contributed by atoms with Crippen LogP contribution in [-0.4, -0.2) is 57.0 Å². The predicted octanol–water partition coefficient (Wildman–Crippen LogP) is 2.74. The highest BCUT2D eigenvalue weighted by Gasteiger charge is 2.28. The quantitative estimate of drug-likeness (QED) is 0.713. The molecule has 0 atom stereocenters. The molecule has 1 aliphatic heterocycles. The fraction of sp³-hybridized carbons (Fsp3) is 0.353. The first-order chi connectivity index (χ1) is 13.2. The number of aromatic amines is 1. The van der Waals surface area contributed by atoms with Gasteiger partial charge in [-0.1, -0.05) is 0 Å². The van der Waals surface area contributed by atoms with Crippen molar-refractivity contribution in [2.75, 3.05) is 25.5 Å². The van der Waals surface area contributed by atoms with Crippen molar-refractivity contribution in [3.8, 4) is 11.4 Å². The lowest BCUT2D eigenvalue weighted by atomic mass is 9.96. The van der Waals surface area contributed by atoms with Crippen molar-refractivity contribution in [2.45, 2.75) is 12.8 Å². The fourth-order valence-electron chi connectivity index (χ4n) is 3.18. The van der Waals surface area contributed by atoms with E-state index < -0.39 is 0 Å². The van der Waals surface area contributed by atoms with Gasteiger partial charge in [0, 0.05) is 37.4 Å². The number of rotatable bonds is 3. The average molecular weight is 388 g/mol. The van der Waals surface area contributed by atoms with E-state index in [2.05, 4.69) is 25.3 Å². The van der Waals surface area contributed by atoms with E-state index in [-0.39, 0.29) is 19.3 Å². The van der Waals surface area contributed by atoms with E-state index in [0.29, 0.717) is 36.8 Å². The second kappa shape index (κ2) is 7.31. The maximum Gasteiger partial charge on any atom is 0.409 e. The molecule has 2 N–H and O–H groups in total. The summed E-state index contributed by atoms with van der Waals surface area (Å²) in [5.41, 5.74) is 2.17. The number of piperidine rings is 1. The van der Waals surface area contributed by atoms with Crippen LogP contribution in [0.4, 0.5) is 9.93 Å². The molecule has 1 fully saturated rings. The Morgan fingerprint density at radius 3 is 2.96 bits per heavy atom. The molecule has 0 aliphatic carbocycles. The van der Waals surface area contributed by atoms with E-state index in [1.165, 1.54) is 24.8 Å². The van der Waals surface area contributed by atoms with Crippen LogP contribution in [0, 0.1) is 5.92 Å². The van der Waals surface area contributed by atoms with Crippen LogP contribution >= 0.6 is 11.3 Å². The number of likely N-dealkylation sites (tertiary alicyclic amines) is 1. The topological polar surface area (TPSA) is 113 Å². The Morgan fingerprint density at radius 2 is 2.19 bits per heavy atom. The summed E-state index contributed by atoms with van der Waals surface area (Å²) in [6.45, 7) is 1.03. The van der Waals surface area contributed by atoms with Gasteiger partial charge in [-0.2, -0.15) is 0 Å². The smallest absolute Gasteiger partial charge is 0.409 e. The number of carbonyl (C=O) groups excluding carboxylic acids is 2. The molecule has 0 saturated carbocycles. The second-order valence-corrected chi connectivity index (χ2v) is 7.08. The second-order valence-electron chi connectivity index (χ2n) is 6.22. The Morgan fingerprint density at radius 1 is 1.37 bits per heavy atom. The summed E-state index contributed by atoms with van der Waals surface area (Å²) >= 11 is 1.36. The third-order valence-corrected chi connectivity index (χ3v) is 5.39. The molecule has 4 rings (SSSR count). The third-order valence-electron chi connectivity index (χ3n) is 4.63. The largest absolute Gasteiger partial charge is 0.453 e. The summed E-state index contributed by atoms with van der Waals surface area (Å²) in [7, 11) is 1.36. The van der Waals surface area contributed by atoms with Crippen LogP contribution in [0.15, 0.2) is 24.0 Å². The molecule has 0 radical (unpaired) electrons. The maximum atomic E-state index is 12.5. The number of ether oxygens (including phenoxy) is 1. The SMILES string of the molecule is COC(=O)N1CCC(C(=O)Nc2nc(-c3ncnc4[nH]ccc34)cs2)CC1.[HH]. The molecular formula is C17H20N6O3S. The fourth-order valence-corrected chi connectivity index (χ4v) is 3.88. The number of aromatic nitrogens is 4. The number of fused-ring (bicyclic) bond motifs is 1. The molecule has 0 aromatic carbocycles. The van der Waals surface area contributed by atoms with Crippen LogP contribution in [0.1, 0.15) is 14.3 Å². The Kier molecular flexibility index (Phi) is 4.71. The van der Waals surface area contributed by atoms with Gasteiger partial charge in [-0.25, -0.2) is 19.7 Å². The summed E-state index contributed by atoms with van der Waals surface area (Å²) in [5, 5.41) is 6.17. The summed E-state index contributed by atoms with van der Waals surface area (Å²) in [5.74, 6) is -0.219. The van der Waals surface area contributed by atoms with E-state index in [1.807, 2.05) is 11.4 Å². The zero-order valence-corrected chi connectivity index (χ0v) is 15.5. The first kappa shape index (κ1) is 17.4. The highest BCUT2D eigenvalue weighted by atomic mass is 32.1. The Balaban J connectivity index is 0.00000225. The lowest BCUT2D eigenvalue weighted by Gasteiger charge is -2.29. The molecule has 1 saturated heterocycles. The van der Waals surface area contributed by atoms with Crippen LogP contribution in [0.2, 0.25) is 0 Å². The molecule has 10 heteroatoms. The lowest BCUT2D eigenvalue weighted by Crippen LogP contribution is -2.41.